The Morgan fingerprint density at radius 1 is 1.10 bits per heavy atom. The van der Waals surface area contributed by atoms with Crippen molar-refractivity contribution < 1.29 is 4.79 Å². The minimum atomic E-state index is -0.00663. The summed E-state index contributed by atoms with van der Waals surface area (Å²) in [5, 5.41) is 3.33. The number of carbonyl (C=O) groups is 1. The second-order valence-corrected chi connectivity index (χ2v) is 9.57. The van der Waals surface area contributed by atoms with Crippen molar-refractivity contribution in [2.24, 2.45) is 5.41 Å². The Bertz CT molecular complexity index is 1040. The van der Waals surface area contributed by atoms with Crippen molar-refractivity contribution in [3.63, 3.8) is 0 Å². The first-order valence-corrected chi connectivity index (χ1v) is 11.4. The van der Waals surface area contributed by atoms with Gasteiger partial charge in [0.25, 0.3) is 5.91 Å². The van der Waals surface area contributed by atoms with Gasteiger partial charge in [0, 0.05) is 31.0 Å². The van der Waals surface area contributed by atoms with Crippen molar-refractivity contribution in [3.05, 3.63) is 77.0 Å². The zero-order chi connectivity index (χ0) is 21.8. The first kappa shape index (κ1) is 21.5. The largest absolute Gasteiger partial charge is 0.352 e. The summed E-state index contributed by atoms with van der Waals surface area (Å²) in [6, 6.07) is 18.1. The highest BCUT2D eigenvalue weighted by Gasteiger charge is 2.40. The lowest BCUT2D eigenvalue weighted by molar-refractivity contribution is 0.0319. The van der Waals surface area contributed by atoms with Crippen molar-refractivity contribution in [1.82, 2.24) is 14.9 Å². The van der Waals surface area contributed by atoms with Crippen LogP contribution >= 0.6 is 15.9 Å². The molecule has 1 saturated heterocycles. The Hall–Kier alpha value is -2.73. The van der Waals surface area contributed by atoms with Crippen LogP contribution in [-0.2, 0) is 0 Å². The number of rotatable bonds is 5. The average molecular weight is 479 g/mol. The van der Waals surface area contributed by atoms with Gasteiger partial charge in [0.2, 0.25) is 5.95 Å². The van der Waals surface area contributed by atoms with Gasteiger partial charge in [0.15, 0.2) is 0 Å². The molecule has 1 amide bonds. The molecule has 1 aromatic heterocycles. The molecule has 3 aromatic rings. The van der Waals surface area contributed by atoms with Gasteiger partial charge in [-0.3, -0.25) is 4.79 Å². The molecule has 5 nitrogen and oxygen atoms in total. The summed E-state index contributed by atoms with van der Waals surface area (Å²) in [6.07, 6.45) is 5.52. The van der Waals surface area contributed by atoms with Crippen LogP contribution < -0.4 is 5.32 Å². The highest BCUT2D eigenvalue weighted by molar-refractivity contribution is 9.10. The van der Waals surface area contributed by atoms with Gasteiger partial charge >= 0.3 is 0 Å². The van der Waals surface area contributed by atoms with Crippen LogP contribution in [0.1, 0.15) is 37.0 Å². The number of nitrogens with zero attached hydrogens (tertiary/aromatic N) is 3. The van der Waals surface area contributed by atoms with Crippen LogP contribution in [0, 0.1) is 5.41 Å². The molecular formula is C25H27BrN4O. The summed E-state index contributed by atoms with van der Waals surface area (Å²) in [4.78, 5) is 24.2. The third kappa shape index (κ3) is 4.96. The van der Waals surface area contributed by atoms with Crippen LogP contribution in [0.5, 0.6) is 0 Å². The van der Waals surface area contributed by atoms with Crippen molar-refractivity contribution in [2.45, 2.75) is 32.7 Å². The predicted molar refractivity (Wildman–Crippen MR) is 128 cm³/mol. The number of likely N-dealkylation sites (tertiary alicyclic amines) is 1. The van der Waals surface area contributed by atoms with Gasteiger partial charge in [-0.25, -0.2) is 9.97 Å². The number of carbonyl (C=O) groups excluding carboxylic acids is 1. The lowest BCUT2D eigenvalue weighted by Gasteiger charge is -2.46. The monoisotopic (exact) mass is 478 g/mol. The molecule has 0 bridgehead atoms. The number of halogens is 1. The van der Waals surface area contributed by atoms with Crippen LogP contribution in [0.3, 0.4) is 0 Å². The van der Waals surface area contributed by atoms with E-state index in [9.17, 15) is 4.79 Å². The first-order chi connectivity index (χ1) is 14.9. The van der Waals surface area contributed by atoms with Gasteiger partial charge < -0.3 is 10.2 Å². The fourth-order valence-electron chi connectivity index (χ4n) is 4.30. The van der Waals surface area contributed by atoms with E-state index in [4.69, 9.17) is 0 Å². The number of nitrogens with one attached hydrogen (secondary N) is 1. The molecule has 1 fully saturated rings. The lowest BCUT2D eigenvalue weighted by Crippen LogP contribution is -2.55. The van der Waals surface area contributed by atoms with Crippen LogP contribution in [0.25, 0.3) is 11.1 Å². The fourth-order valence-corrected chi connectivity index (χ4v) is 4.50. The van der Waals surface area contributed by atoms with Crippen molar-refractivity contribution >= 4 is 27.8 Å². The van der Waals surface area contributed by atoms with E-state index in [0.29, 0.717) is 12.5 Å². The molecule has 0 aliphatic carbocycles. The minimum absolute atomic E-state index is 0.00663. The minimum Gasteiger partial charge on any atom is -0.352 e. The molecule has 1 unspecified atom stereocenters. The number of anilines is 1. The second kappa shape index (κ2) is 9.18. The smallest absolute Gasteiger partial charge is 0.254 e. The van der Waals surface area contributed by atoms with E-state index in [1.807, 2.05) is 41.3 Å². The Kier molecular flexibility index (Phi) is 6.37. The van der Waals surface area contributed by atoms with Crippen LogP contribution in [-0.4, -0.2) is 39.9 Å². The SMILES string of the molecule is CC1(C)CCCN(C(=O)c2cccc(-c3ccccc3)c2)C1CNc1ncc(Br)cn1. The van der Waals surface area contributed by atoms with Crippen LogP contribution in [0.4, 0.5) is 5.95 Å². The first-order valence-electron chi connectivity index (χ1n) is 10.6. The summed E-state index contributed by atoms with van der Waals surface area (Å²) >= 11 is 3.36. The molecule has 0 radical (unpaired) electrons. The van der Waals surface area contributed by atoms with Crippen molar-refractivity contribution in [2.75, 3.05) is 18.4 Å². The molecule has 160 valence electrons. The zero-order valence-corrected chi connectivity index (χ0v) is 19.5. The van der Waals surface area contributed by atoms with Gasteiger partial charge in [-0.2, -0.15) is 0 Å². The summed E-state index contributed by atoms with van der Waals surface area (Å²) in [5.41, 5.74) is 2.89. The summed E-state index contributed by atoms with van der Waals surface area (Å²) in [7, 11) is 0. The molecule has 1 atom stereocenters. The molecule has 6 heteroatoms. The molecule has 1 aliphatic rings. The van der Waals surface area contributed by atoms with Crippen LogP contribution in [0.2, 0.25) is 0 Å². The fraction of sp³-hybridized carbons (Fsp3) is 0.320. The Morgan fingerprint density at radius 3 is 2.55 bits per heavy atom. The molecular weight excluding hydrogens is 452 g/mol. The number of amides is 1. The third-order valence-corrected chi connectivity index (χ3v) is 6.46. The van der Waals surface area contributed by atoms with E-state index < -0.39 is 0 Å². The topological polar surface area (TPSA) is 58.1 Å². The summed E-state index contributed by atoms with van der Waals surface area (Å²) in [5.74, 6) is 0.650. The summed E-state index contributed by atoms with van der Waals surface area (Å²) < 4.78 is 0.839. The molecule has 31 heavy (non-hydrogen) atoms. The predicted octanol–water partition coefficient (Wildman–Crippen LogP) is 5.65. The van der Waals surface area contributed by atoms with Crippen molar-refractivity contribution in [1.29, 1.82) is 0 Å². The molecule has 2 aromatic carbocycles. The van der Waals surface area contributed by atoms with E-state index in [0.717, 1.165) is 40.5 Å². The quantitative estimate of drug-likeness (QED) is 0.514. The molecule has 4 rings (SSSR count). The number of hydrogen-bond acceptors (Lipinski definition) is 4. The van der Waals surface area contributed by atoms with Crippen LogP contribution in [0.15, 0.2) is 71.5 Å². The average Bonchev–Trinajstić information content (AvgIpc) is 2.79. The van der Waals surface area contributed by atoms with Gasteiger partial charge in [0.05, 0.1) is 10.5 Å². The highest BCUT2D eigenvalue weighted by atomic mass is 79.9. The van der Waals surface area contributed by atoms with E-state index in [-0.39, 0.29) is 17.4 Å². The number of aromatic nitrogens is 2. The maximum Gasteiger partial charge on any atom is 0.254 e. The number of hydrogen-bond donors (Lipinski definition) is 1. The van der Waals surface area contributed by atoms with E-state index in [1.165, 1.54) is 0 Å². The molecule has 0 spiro atoms. The van der Waals surface area contributed by atoms with Gasteiger partial charge in [-0.15, -0.1) is 0 Å². The normalized spacial score (nSPS) is 17.9. The maximum atomic E-state index is 13.6. The van der Waals surface area contributed by atoms with Crippen molar-refractivity contribution in [3.8, 4) is 11.1 Å². The highest BCUT2D eigenvalue weighted by Crippen LogP contribution is 2.36. The standard InChI is InChI=1S/C25H27BrN4O/c1-25(2)12-7-13-30(22(25)17-29-24-27-15-21(26)16-28-24)23(31)20-11-6-10-19(14-20)18-8-4-3-5-9-18/h3-6,8-11,14-16,22H,7,12-13,17H2,1-2H3,(H,27,28,29). The Morgan fingerprint density at radius 2 is 1.81 bits per heavy atom. The molecule has 1 N–H and O–H groups in total. The van der Waals surface area contributed by atoms with E-state index in [1.54, 1.807) is 12.4 Å². The zero-order valence-electron chi connectivity index (χ0n) is 17.9. The second-order valence-electron chi connectivity index (χ2n) is 8.66. The third-order valence-electron chi connectivity index (χ3n) is 6.05. The van der Waals surface area contributed by atoms with Gasteiger partial charge in [-0.05, 0) is 57.4 Å². The maximum absolute atomic E-state index is 13.6. The number of benzene rings is 2. The van der Waals surface area contributed by atoms with E-state index >= 15 is 0 Å². The number of piperidine rings is 1. The van der Waals surface area contributed by atoms with Gasteiger partial charge in [-0.1, -0.05) is 56.3 Å². The lowest BCUT2D eigenvalue weighted by atomic mass is 9.76. The molecule has 1 aliphatic heterocycles. The summed E-state index contributed by atoms with van der Waals surface area (Å²) in [6.45, 7) is 5.84. The van der Waals surface area contributed by atoms with E-state index in [2.05, 4.69) is 63.3 Å². The molecule has 2 heterocycles. The van der Waals surface area contributed by atoms with Gasteiger partial charge in [0.1, 0.15) is 0 Å². The molecule has 0 saturated carbocycles. The Labute approximate surface area is 192 Å². The Balaban J connectivity index is 1.57.